The Bertz CT molecular complexity index is 1450. The van der Waals surface area contributed by atoms with Crippen molar-refractivity contribution < 1.29 is 4.79 Å². The zero-order chi connectivity index (χ0) is 24.4. The molecule has 0 saturated carbocycles. The van der Waals surface area contributed by atoms with Crippen LogP contribution in [0.2, 0.25) is 5.02 Å². The summed E-state index contributed by atoms with van der Waals surface area (Å²) in [6.45, 7) is 2.33. The summed E-state index contributed by atoms with van der Waals surface area (Å²) in [6, 6.07) is 15.7. The molecule has 1 saturated heterocycles. The second kappa shape index (κ2) is 9.69. The van der Waals surface area contributed by atoms with Gasteiger partial charge < -0.3 is 16.0 Å². The van der Waals surface area contributed by atoms with Crippen LogP contribution in [0.3, 0.4) is 0 Å². The molecule has 3 heterocycles. The standard InChI is InChI=1S/C27H25ClN6O/c1-2-7-24(35)33-14-6-10-23(33)27-32-22(25-26(29)30-13-15-34(25)27)16-18-11-12-20(17-21(18)28)31-19-8-4-3-5-9-19/h3-5,8-9,11-13,15,17,23,31H,6,10,14,16H2,1H3,(H2,29,30)/t23-/m0/s1. The van der Waals surface area contributed by atoms with E-state index in [0.717, 1.165) is 46.8 Å². The lowest BCUT2D eigenvalue weighted by Crippen LogP contribution is -2.30. The molecule has 0 aliphatic carbocycles. The minimum absolute atomic E-state index is 0.167. The molecule has 176 valence electrons. The zero-order valence-corrected chi connectivity index (χ0v) is 20.1. The van der Waals surface area contributed by atoms with E-state index >= 15 is 0 Å². The first kappa shape index (κ1) is 22.8. The molecule has 1 aliphatic heterocycles. The SMILES string of the molecule is CC#CC(=O)N1CCC[C@H]1c1nc(Cc2ccc(Nc3ccccc3)cc2Cl)c2c(N)nccn12. The van der Waals surface area contributed by atoms with Crippen molar-refractivity contribution in [3.05, 3.63) is 83.0 Å². The Labute approximate surface area is 208 Å². The van der Waals surface area contributed by atoms with E-state index in [2.05, 4.69) is 22.1 Å². The van der Waals surface area contributed by atoms with E-state index in [1.165, 1.54) is 0 Å². The molecule has 2 aromatic carbocycles. The maximum Gasteiger partial charge on any atom is 0.299 e. The first-order valence-electron chi connectivity index (χ1n) is 11.5. The highest BCUT2D eigenvalue weighted by Gasteiger charge is 2.33. The van der Waals surface area contributed by atoms with Crippen LogP contribution in [0.1, 0.15) is 42.9 Å². The molecule has 7 nitrogen and oxygen atoms in total. The van der Waals surface area contributed by atoms with Gasteiger partial charge >= 0.3 is 0 Å². The highest BCUT2D eigenvalue weighted by molar-refractivity contribution is 6.31. The third-order valence-electron chi connectivity index (χ3n) is 6.20. The molecule has 1 amide bonds. The lowest BCUT2D eigenvalue weighted by molar-refractivity contribution is -0.126. The van der Waals surface area contributed by atoms with Crippen LogP contribution in [0.15, 0.2) is 60.9 Å². The maximum atomic E-state index is 12.6. The summed E-state index contributed by atoms with van der Waals surface area (Å²) in [4.78, 5) is 23.7. The molecule has 0 unspecified atom stereocenters. The predicted octanol–water partition coefficient (Wildman–Crippen LogP) is 4.99. The maximum absolute atomic E-state index is 12.6. The van der Waals surface area contributed by atoms with Crippen LogP contribution in [0.5, 0.6) is 0 Å². The average molecular weight is 485 g/mol. The number of benzene rings is 2. The lowest BCUT2D eigenvalue weighted by atomic mass is 10.1. The quantitative estimate of drug-likeness (QED) is 0.390. The van der Waals surface area contributed by atoms with Gasteiger partial charge in [-0.05, 0) is 55.5 Å². The molecular weight excluding hydrogens is 460 g/mol. The Morgan fingerprint density at radius 2 is 2.06 bits per heavy atom. The van der Waals surface area contributed by atoms with Gasteiger partial charge in [0, 0.05) is 41.8 Å². The summed E-state index contributed by atoms with van der Waals surface area (Å²) >= 11 is 6.68. The van der Waals surface area contributed by atoms with Crippen LogP contribution in [0.4, 0.5) is 17.2 Å². The van der Waals surface area contributed by atoms with Crippen molar-refractivity contribution in [2.45, 2.75) is 32.2 Å². The molecular formula is C27H25ClN6O. The Hall–Kier alpha value is -4.02. The average Bonchev–Trinajstić information content (AvgIpc) is 3.47. The molecule has 35 heavy (non-hydrogen) atoms. The molecule has 2 aromatic heterocycles. The van der Waals surface area contributed by atoms with Crippen LogP contribution in [-0.2, 0) is 11.2 Å². The van der Waals surface area contributed by atoms with Crippen molar-refractivity contribution in [2.75, 3.05) is 17.6 Å². The Morgan fingerprint density at radius 3 is 2.83 bits per heavy atom. The van der Waals surface area contributed by atoms with Gasteiger partial charge in [-0.25, -0.2) is 9.97 Å². The lowest BCUT2D eigenvalue weighted by Gasteiger charge is -2.21. The van der Waals surface area contributed by atoms with Crippen LogP contribution in [0, 0.1) is 11.8 Å². The summed E-state index contributed by atoms with van der Waals surface area (Å²) in [5, 5.41) is 3.99. The van der Waals surface area contributed by atoms with Crippen molar-refractivity contribution in [2.24, 2.45) is 0 Å². The number of imidazole rings is 1. The topological polar surface area (TPSA) is 88.5 Å². The first-order valence-corrected chi connectivity index (χ1v) is 11.9. The number of para-hydroxylation sites is 1. The monoisotopic (exact) mass is 484 g/mol. The molecule has 1 atom stereocenters. The second-order valence-corrected chi connectivity index (χ2v) is 8.86. The van der Waals surface area contributed by atoms with E-state index < -0.39 is 0 Å². The minimum Gasteiger partial charge on any atom is -0.382 e. The third-order valence-corrected chi connectivity index (χ3v) is 6.55. The van der Waals surface area contributed by atoms with Crippen molar-refractivity contribution in [1.82, 2.24) is 19.3 Å². The number of rotatable bonds is 5. The van der Waals surface area contributed by atoms with Gasteiger partial charge in [-0.1, -0.05) is 41.8 Å². The van der Waals surface area contributed by atoms with Gasteiger partial charge in [-0.3, -0.25) is 9.20 Å². The van der Waals surface area contributed by atoms with Crippen molar-refractivity contribution in [3.8, 4) is 11.8 Å². The smallest absolute Gasteiger partial charge is 0.299 e. The fraction of sp³-hybridized carbons (Fsp3) is 0.222. The van der Waals surface area contributed by atoms with Gasteiger partial charge in [0.15, 0.2) is 0 Å². The van der Waals surface area contributed by atoms with Gasteiger partial charge in [0.1, 0.15) is 17.2 Å². The summed E-state index contributed by atoms with van der Waals surface area (Å²) in [5.74, 6) is 6.35. The predicted molar refractivity (Wildman–Crippen MR) is 139 cm³/mol. The second-order valence-electron chi connectivity index (χ2n) is 8.45. The highest BCUT2D eigenvalue weighted by atomic mass is 35.5. The fourth-order valence-corrected chi connectivity index (χ4v) is 4.86. The largest absolute Gasteiger partial charge is 0.382 e. The zero-order valence-electron chi connectivity index (χ0n) is 19.3. The number of nitrogen functional groups attached to an aromatic ring is 1. The summed E-state index contributed by atoms with van der Waals surface area (Å²) in [7, 11) is 0. The molecule has 3 N–H and O–H groups in total. The number of amides is 1. The van der Waals surface area contributed by atoms with Gasteiger partial charge in [0.2, 0.25) is 0 Å². The number of nitrogens with zero attached hydrogens (tertiary/aromatic N) is 4. The molecule has 1 aliphatic rings. The molecule has 0 spiro atoms. The van der Waals surface area contributed by atoms with E-state index in [-0.39, 0.29) is 11.9 Å². The van der Waals surface area contributed by atoms with E-state index in [1.807, 2.05) is 59.1 Å². The number of hydrogen-bond acceptors (Lipinski definition) is 5. The van der Waals surface area contributed by atoms with Crippen LogP contribution in [0.25, 0.3) is 5.52 Å². The number of fused-ring (bicyclic) bond motifs is 1. The number of halogens is 1. The minimum atomic E-state index is -0.181. The number of aromatic nitrogens is 3. The van der Waals surface area contributed by atoms with E-state index in [1.54, 1.807) is 18.0 Å². The van der Waals surface area contributed by atoms with Crippen LogP contribution in [-0.4, -0.2) is 31.7 Å². The van der Waals surface area contributed by atoms with E-state index in [4.69, 9.17) is 22.3 Å². The molecule has 8 heteroatoms. The van der Waals surface area contributed by atoms with E-state index in [9.17, 15) is 4.79 Å². The Morgan fingerprint density at radius 1 is 1.23 bits per heavy atom. The third kappa shape index (κ3) is 4.53. The van der Waals surface area contributed by atoms with Crippen molar-refractivity contribution in [1.29, 1.82) is 0 Å². The number of likely N-dealkylation sites (tertiary alicyclic amines) is 1. The van der Waals surface area contributed by atoms with Gasteiger partial charge in [-0.2, -0.15) is 0 Å². The number of nitrogens with one attached hydrogen (secondary N) is 1. The molecule has 1 fully saturated rings. The molecule has 0 bridgehead atoms. The van der Waals surface area contributed by atoms with Crippen LogP contribution >= 0.6 is 11.6 Å². The first-order chi connectivity index (χ1) is 17.0. The number of carbonyl (C=O) groups excluding carboxylic acids is 1. The molecule has 4 aromatic rings. The summed E-state index contributed by atoms with van der Waals surface area (Å²) < 4.78 is 1.95. The normalized spacial score (nSPS) is 15.1. The van der Waals surface area contributed by atoms with Gasteiger partial charge in [0.05, 0.1) is 11.7 Å². The Balaban J connectivity index is 1.48. The van der Waals surface area contributed by atoms with Crippen molar-refractivity contribution >= 4 is 40.2 Å². The number of anilines is 3. The molecule has 5 rings (SSSR count). The molecule has 0 radical (unpaired) electrons. The number of hydrogen-bond donors (Lipinski definition) is 2. The summed E-state index contributed by atoms with van der Waals surface area (Å²) in [5.41, 5.74) is 10.6. The number of nitrogens with two attached hydrogens (primary N) is 1. The van der Waals surface area contributed by atoms with Gasteiger partial charge in [-0.15, -0.1) is 0 Å². The fourth-order valence-electron chi connectivity index (χ4n) is 4.61. The van der Waals surface area contributed by atoms with E-state index in [0.29, 0.717) is 23.8 Å². The Kier molecular flexibility index (Phi) is 6.30. The van der Waals surface area contributed by atoms with Crippen molar-refractivity contribution in [3.63, 3.8) is 0 Å². The highest BCUT2D eigenvalue weighted by Crippen LogP contribution is 2.35. The van der Waals surface area contributed by atoms with Crippen LogP contribution < -0.4 is 11.1 Å². The summed E-state index contributed by atoms with van der Waals surface area (Å²) in [6.07, 6.45) is 5.70. The number of carbonyl (C=O) groups is 1. The van der Waals surface area contributed by atoms with Gasteiger partial charge in [0.25, 0.3) is 5.91 Å².